The van der Waals surface area contributed by atoms with Crippen molar-refractivity contribution in [2.24, 2.45) is 0 Å². The minimum atomic E-state index is 0.135. The number of nitrogens with zero attached hydrogens (tertiary/aromatic N) is 1. The third kappa shape index (κ3) is 4.96. The summed E-state index contributed by atoms with van der Waals surface area (Å²) in [6.07, 6.45) is 3.18. The van der Waals surface area contributed by atoms with Crippen LogP contribution in [0.5, 0.6) is 0 Å². The van der Waals surface area contributed by atoms with Gasteiger partial charge in [-0.2, -0.15) is 0 Å². The molecule has 0 spiro atoms. The Morgan fingerprint density at radius 1 is 1.53 bits per heavy atom. The lowest BCUT2D eigenvalue weighted by atomic mass is 10.3. The van der Waals surface area contributed by atoms with Crippen LogP contribution in [0, 0.1) is 11.8 Å². The van der Waals surface area contributed by atoms with Gasteiger partial charge in [-0.15, -0.1) is 11.3 Å². The van der Waals surface area contributed by atoms with Crippen LogP contribution in [-0.4, -0.2) is 42.9 Å². The Morgan fingerprint density at radius 2 is 2.37 bits per heavy atom. The normalized spacial score (nSPS) is 14.5. The Morgan fingerprint density at radius 3 is 3.05 bits per heavy atom. The molecule has 4 heteroatoms. The van der Waals surface area contributed by atoms with Gasteiger partial charge in [0, 0.05) is 48.5 Å². The molecule has 1 aromatic rings. The summed E-state index contributed by atoms with van der Waals surface area (Å²) in [5.74, 6) is 6.04. The lowest BCUT2D eigenvalue weighted by Crippen LogP contribution is -2.28. The summed E-state index contributed by atoms with van der Waals surface area (Å²) in [5.41, 5.74) is 1.07. The first-order valence-electron chi connectivity index (χ1n) is 6.73. The third-order valence-electron chi connectivity index (χ3n) is 3.13. The molecule has 1 aliphatic rings. The molecule has 0 aromatic carbocycles. The maximum Gasteiger partial charge on any atom is 0.0589 e. The minimum Gasteiger partial charge on any atom is -0.395 e. The van der Waals surface area contributed by atoms with Gasteiger partial charge in [0.05, 0.1) is 13.2 Å². The molecule has 0 radical (unpaired) electrons. The fraction of sp³-hybridized carbons (Fsp3) is 0.600. The molecule has 1 heterocycles. The first-order valence-corrected chi connectivity index (χ1v) is 7.61. The number of aliphatic hydroxyl groups excluding tert-OH is 1. The highest BCUT2D eigenvalue weighted by Crippen LogP contribution is 2.29. The first-order chi connectivity index (χ1) is 9.33. The Labute approximate surface area is 119 Å². The average Bonchev–Trinajstić information content (AvgIpc) is 3.17. The summed E-state index contributed by atoms with van der Waals surface area (Å²) < 4.78 is 5.17. The van der Waals surface area contributed by atoms with E-state index in [0.717, 1.165) is 31.3 Å². The molecule has 1 saturated carbocycles. The second kappa shape index (κ2) is 7.66. The summed E-state index contributed by atoms with van der Waals surface area (Å²) >= 11 is 1.77. The highest BCUT2D eigenvalue weighted by atomic mass is 32.1. The Balaban J connectivity index is 1.88. The number of thiophene rings is 1. The molecular weight excluding hydrogens is 258 g/mol. The van der Waals surface area contributed by atoms with Crippen LogP contribution in [0.3, 0.4) is 0 Å². The predicted molar refractivity (Wildman–Crippen MR) is 78.2 cm³/mol. The van der Waals surface area contributed by atoms with E-state index in [-0.39, 0.29) is 6.61 Å². The molecule has 19 heavy (non-hydrogen) atoms. The standard InChI is InChI=1S/C15H21NO2S/c1-18-9-7-16(14-5-6-14)11-15-10-13(12-19-15)4-2-3-8-17/h10,12,14,17H,3,5-9,11H2,1H3. The molecule has 0 unspecified atom stereocenters. The maximum atomic E-state index is 8.70. The lowest BCUT2D eigenvalue weighted by Gasteiger charge is -2.20. The molecule has 0 saturated heterocycles. The highest BCUT2D eigenvalue weighted by molar-refractivity contribution is 7.10. The van der Waals surface area contributed by atoms with Crippen LogP contribution in [0.2, 0.25) is 0 Å². The van der Waals surface area contributed by atoms with Crippen LogP contribution in [-0.2, 0) is 11.3 Å². The van der Waals surface area contributed by atoms with Crippen LogP contribution in [0.1, 0.15) is 29.7 Å². The van der Waals surface area contributed by atoms with Crippen molar-refractivity contribution in [3.05, 3.63) is 21.9 Å². The largest absolute Gasteiger partial charge is 0.395 e. The van der Waals surface area contributed by atoms with Gasteiger partial charge in [-0.05, 0) is 18.9 Å². The number of hydrogen-bond acceptors (Lipinski definition) is 4. The monoisotopic (exact) mass is 279 g/mol. The number of rotatable bonds is 7. The highest BCUT2D eigenvalue weighted by Gasteiger charge is 2.28. The molecule has 0 aliphatic heterocycles. The van der Waals surface area contributed by atoms with Gasteiger partial charge in [0.15, 0.2) is 0 Å². The predicted octanol–water partition coefficient (Wildman–Crippen LogP) is 2.09. The number of hydrogen-bond donors (Lipinski definition) is 1. The summed E-state index contributed by atoms with van der Waals surface area (Å²) in [6.45, 7) is 2.94. The molecule has 0 amide bonds. The fourth-order valence-corrected chi connectivity index (χ4v) is 2.83. The van der Waals surface area contributed by atoms with E-state index in [2.05, 4.69) is 28.2 Å². The van der Waals surface area contributed by atoms with E-state index in [4.69, 9.17) is 9.84 Å². The van der Waals surface area contributed by atoms with Crippen LogP contribution < -0.4 is 0 Å². The molecule has 1 fully saturated rings. The average molecular weight is 279 g/mol. The van der Waals surface area contributed by atoms with Crippen molar-refractivity contribution in [2.75, 3.05) is 26.9 Å². The topological polar surface area (TPSA) is 32.7 Å². The summed E-state index contributed by atoms with van der Waals surface area (Å²) in [6, 6.07) is 2.91. The second-order valence-corrected chi connectivity index (χ2v) is 5.77. The molecule has 0 atom stereocenters. The number of methoxy groups -OCH3 is 1. The van der Waals surface area contributed by atoms with Gasteiger partial charge in [-0.1, -0.05) is 11.8 Å². The first kappa shape index (κ1) is 14.5. The van der Waals surface area contributed by atoms with Gasteiger partial charge in [0.1, 0.15) is 0 Å². The van der Waals surface area contributed by atoms with Crippen molar-refractivity contribution in [2.45, 2.75) is 31.8 Å². The van der Waals surface area contributed by atoms with Crippen molar-refractivity contribution in [3.63, 3.8) is 0 Å². The molecule has 1 N–H and O–H groups in total. The summed E-state index contributed by atoms with van der Waals surface area (Å²) in [7, 11) is 1.76. The molecule has 2 rings (SSSR count). The molecule has 0 bridgehead atoms. The van der Waals surface area contributed by atoms with Gasteiger partial charge in [0.25, 0.3) is 0 Å². The van der Waals surface area contributed by atoms with E-state index in [0.29, 0.717) is 6.42 Å². The van der Waals surface area contributed by atoms with Gasteiger partial charge in [0.2, 0.25) is 0 Å². The van der Waals surface area contributed by atoms with Crippen molar-refractivity contribution in [1.29, 1.82) is 0 Å². The van der Waals surface area contributed by atoms with E-state index in [9.17, 15) is 0 Å². The molecular formula is C15H21NO2S. The van der Waals surface area contributed by atoms with E-state index in [1.807, 2.05) is 0 Å². The zero-order valence-corrected chi connectivity index (χ0v) is 12.2. The van der Waals surface area contributed by atoms with Crippen molar-refractivity contribution in [3.8, 4) is 11.8 Å². The quantitative estimate of drug-likeness (QED) is 0.776. The van der Waals surface area contributed by atoms with Gasteiger partial charge < -0.3 is 9.84 Å². The molecule has 1 aromatic heterocycles. The summed E-state index contributed by atoms with van der Waals surface area (Å²) in [5, 5.41) is 10.8. The van der Waals surface area contributed by atoms with Crippen LogP contribution >= 0.6 is 11.3 Å². The Bertz CT molecular complexity index is 442. The van der Waals surface area contributed by atoms with Crippen LogP contribution in [0.15, 0.2) is 11.4 Å². The van der Waals surface area contributed by atoms with E-state index in [1.165, 1.54) is 17.7 Å². The van der Waals surface area contributed by atoms with Crippen molar-refractivity contribution < 1.29 is 9.84 Å². The second-order valence-electron chi connectivity index (χ2n) is 4.77. The van der Waals surface area contributed by atoms with Crippen LogP contribution in [0.4, 0.5) is 0 Å². The zero-order valence-electron chi connectivity index (χ0n) is 11.4. The Kier molecular flexibility index (Phi) is 5.87. The fourth-order valence-electron chi connectivity index (χ4n) is 1.99. The smallest absolute Gasteiger partial charge is 0.0589 e. The summed E-state index contributed by atoms with van der Waals surface area (Å²) in [4.78, 5) is 3.86. The molecule has 3 nitrogen and oxygen atoms in total. The zero-order chi connectivity index (χ0) is 13.5. The number of ether oxygens (including phenoxy) is 1. The van der Waals surface area contributed by atoms with E-state index >= 15 is 0 Å². The SMILES string of the molecule is COCCN(Cc1cc(C#CCCO)cs1)C1CC1. The Hall–Kier alpha value is -0.860. The lowest BCUT2D eigenvalue weighted by molar-refractivity contribution is 0.140. The van der Waals surface area contributed by atoms with E-state index in [1.54, 1.807) is 18.4 Å². The minimum absolute atomic E-state index is 0.135. The van der Waals surface area contributed by atoms with Gasteiger partial charge >= 0.3 is 0 Å². The van der Waals surface area contributed by atoms with Gasteiger partial charge in [-0.25, -0.2) is 0 Å². The van der Waals surface area contributed by atoms with Crippen molar-refractivity contribution in [1.82, 2.24) is 4.90 Å². The molecule has 104 valence electrons. The van der Waals surface area contributed by atoms with Gasteiger partial charge in [-0.3, -0.25) is 4.90 Å². The van der Waals surface area contributed by atoms with Crippen molar-refractivity contribution >= 4 is 11.3 Å². The van der Waals surface area contributed by atoms with Crippen LogP contribution in [0.25, 0.3) is 0 Å². The third-order valence-corrected chi connectivity index (χ3v) is 4.05. The van der Waals surface area contributed by atoms with E-state index < -0.39 is 0 Å². The number of aliphatic hydroxyl groups is 1. The maximum absolute atomic E-state index is 8.70. The molecule has 1 aliphatic carbocycles.